The van der Waals surface area contributed by atoms with Gasteiger partial charge in [-0.25, -0.2) is 4.39 Å². The standard InChI is InChI=1S/C16H16FN/c1-11-5-6-12-7-8-16(15(12)9-11)18-14-4-2-3-13(17)10-14/h2-6,9-10,16,18H,7-8H2,1H3. The van der Waals surface area contributed by atoms with Gasteiger partial charge in [0.2, 0.25) is 0 Å². The Bertz CT molecular complexity index is 577. The van der Waals surface area contributed by atoms with Crippen LogP contribution in [0.15, 0.2) is 42.5 Å². The van der Waals surface area contributed by atoms with E-state index in [0.717, 1.165) is 18.5 Å². The van der Waals surface area contributed by atoms with Crippen LogP contribution < -0.4 is 5.32 Å². The van der Waals surface area contributed by atoms with Gasteiger partial charge in [0.05, 0.1) is 6.04 Å². The summed E-state index contributed by atoms with van der Waals surface area (Å²) in [4.78, 5) is 0. The summed E-state index contributed by atoms with van der Waals surface area (Å²) >= 11 is 0. The molecule has 0 aliphatic heterocycles. The summed E-state index contributed by atoms with van der Waals surface area (Å²) in [6.07, 6.45) is 2.18. The van der Waals surface area contributed by atoms with Gasteiger partial charge >= 0.3 is 0 Å². The predicted molar refractivity (Wildman–Crippen MR) is 72.3 cm³/mol. The van der Waals surface area contributed by atoms with Gasteiger partial charge in [0, 0.05) is 5.69 Å². The maximum atomic E-state index is 13.2. The minimum atomic E-state index is -0.192. The van der Waals surface area contributed by atoms with Gasteiger partial charge in [-0.2, -0.15) is 0 Å². The number of nitrogens with one attached hydrogen (secondary N) is 1. The van der Waals surface area contributed by atoms with Gasteiger partial charge < -0.3 is 5.32 Å². The van der Waals surface area contributed by atoms with E-state index in [4.69, 9.17) is 0 Å². The molecule has 2 aromatic carbocycles. The molecule has 0 saturated carbocycles. The fourth-order valence-electron chi connectivity index (χ4n) is 2.65. The summed E-state index contributed by atoms with van der Waals surface area (Å²) in [6.45, 7) is 2.11. The molecule has 2 aromatic rings. The van der Waals surface area contributed by atoms with E-state index < -0.39 is 0 Å². The van der Waals surface area contributed by atoms with Crippen LogP contribution in [0.25, 0.3) is 0 Å². The Kier molecular flexibility index (Phi) is 2.78. The summed E-state index contributed by atoms with van der Waals surface area (Å²) in [5.74, 6) is -0.192. The van der Waals surface area contributed by atoms with Crippen molar-refractivity contribution in [3.8, 4) is 0 Å². The van der Waals surface area contributed by atoms with E-state index in [1.54, 1.807) is 12.1 Å². The molecule has 1 N–H and O–H groups in total. The topological polar surface area (TPSA) is 12.0 Å². The number of rotatable bonds is 2. The minimum absolute atomic E-state index is 0.192. The smallest absolute Gasteiger partial charge is 0.125 e. The van der Waals surface area contributed by atoms with Crippen molar-refractivity contribution in [3.63, 3.8) is 0 Å². The quantitative estimate of drug-likeness (QED) is 0.829. The maximum Gasteiger partial charge on any atom is 0.125 e. The van der Waals surface area contributed by atoms with Gasteiger partial charge in [0.15, 0.2) is 0 Å². The van der Waals surface area contributed by atoms with Crippen molar-refractivity contribution in [3.05, 3.63) is 65.0 Å². The zero-order chi connectivity index (χ0) is 12.5. The van der Waals surface area contributed by atoms with E-state index in [2.05, 4.69) is 30.4 Å². The van der Waals surface area contributed by atoms with Crippen molar-refractivity contribution >= 4 is 5.69 Å². The molecule has 0 spiro atoms. The third-order valence-corrected chi connectivity index (χ3v) is 3.54. The largest absolute Gasteiger partial charge is 0.378 e. The highest BCUT2D eigenvalue weighted by atomic mass is 19.1. The Hall–Kier alpha value is -1.83. The molecule has 18 heavy (non-hydrogen) atoms. The highest BCUT2D eigenvalue weighted by Crippen LogP contribution is 2.34. The van der Waals surface area contributed by atoms with E-state index in [1.807, 2.05) is 6.07 Å². The van der Waals surface area contributed by atoms with Crippen molar-refractivity contribution in [2.75, 3.05) is 5.32 Å². The zero-order valence-electron chi connectivity index (χ0n) is 10.4. The van der Waals surface area contributed by atoms with Crippen LogP contribution in [-0.4, -0.2) is 0 Å². The number of aryl methyl sites for hydroxylation is 2. The third kappa shape index (κ3) is 2.10. The average molecular weight is 241 g/mol. The predicted octanol–water partition coefficient (Wildman–Crippen LogP) is 4.23. The van der Waals surface area contributed by atoms with Gasteiger partial charge in [0.1, 0.15) is 5.82 Å². The lowest BCUT2D eigenvalue weighted by Crippen LogP contribution is -2.07. The lowest BCUT2D eigenvalue weighted by atomic mass is 10.0. The van der Waals surface area contributed by atoms with Crippen LogP contribution in [-0.2, 0) is 6.42 Å². The Morgan fingerprint density at radius 3 is 2.89 bits per heavy atom. The lowest BCUT2D eigenvalue weighted by Gasteiger charge is -2.16. The molecule has 0 saturated heterocycles. The Labute approximate surface area is 107 Å². The maximum absolute atomic E-state index is 13.2. The Balaban J connectivity index is 1.86. The summed E-state index contributed by atoms with van der Waals surface area (Å²) in [7, 11) is 0. The number of fused-ring (bicyclic) bond motifs is 1. The number of hydrogen-bond acceptors (Lipinski definition) is 1. The molecule has 0 amide bonds. The SMILES string of the molecule is Cc1ccc2c(c1)C(Nc1cccc(F)c1)CC2. The Morgan fingerprint density at radius 1 is 1.17 bits per heavy atom. The van der Waals surface area contributed by atoms with E-state index in [-0.39, 0.29) is 5.82 Å². The summed E-state index contributed by atoms with van der Waals surface area (Å²) in [5.41, 5.74) is 4.91. The minimum Gasteiger partial charge on any atom is -0.378 e. The first-order valence-corrected chi connectivity index (χ1v) is 6.34. The first-order chi connectivity index (χ1) is 8.72. The Morgan fingerprint density at radius 2 is 2.06 bits per heavy atom. The van der Waals surface area contributed by atoms with Crippen LogP contribution in [0.4, 0.5) is 10.1 Å². The van der Waals surface area contributed by atoms with Crippen LogP contribution in [0.3, 0.4) is 0 Å². The second-order valence-corrected chi connectivity index (χ2v) is 4.95. The normalized spacial score (nSPS) is 17.6. The average Bonchev–Trinajstić information content (AvgIpc) is 2.72. The number of anilines is 1. The highest BCUT2D eigenvalue weighted by molar-refractivity contribution is 5.49. The number of halogens is 1. The summed E-state index contributed by atoms with van der Waals surface area (Å²) in [5, 5.41) is 3.43. The molecule has 92 valence electrons. The highest BCUT2D eigenvalue weighted by Gasteiger charge is 2.22. The van der Waals surface area contributed by atoms with Crippen molar-refractivity contribution in [2.45, 2.75) is 25.8 Å². The summed E-state index contributed by atoms with van der Waals surface area (Å²) in [6, 6.07) is 13.6. The van der Waals surface area contributed by atoms with Crippen LogP contribution in [0.5, 0.6) is 0 Å². The number of hydrogen-bond donors (Lipinski definition) is 1. The fraction of sp³-hybridized carbons (Fsp3) is 0.250. The van der Waals surface area contributed by atoms with E-state index in [9.17, 15) is 4.39 Å². The van der Waals surface area contributed by atoms with Crippen molar-refractivity contribution in [1.29, 1.82) is 0 Å². The molecular weight excluding hydrogens is 225 g/mol. The first kappa shape index (κ1) is 11.3. The van der Waals surface area contributed by atoms with Crippen LogP contribution in [0, 0.1) is 12.7 Å². The molecular formula is C16H16FN. The van der Waals surface area contributed by atoms with Crippen LogP contribution in [0.1, 0.15) is 29.2 Å². The molecule has 0 fully saturated rings. The molecule has 1 atom stereocenters. The van der Waals surface area contributed by atoms with E-state index >= 15 is 0 Å². The van der Waals surface area contributed by atoms with Gasteiger partial charge in [-0.1, -0.05) is 29.8 Å². The molecule has 0 bridgehead atoms. The molecule has 0 heterocycles. The molecule has 1 aliphatic carbocycles. The van der Waals surface area contributed by atoms with Crippen LogP contribution in [0.2, 0.25) is 0 Å². The van der Waals surface area contributed by atoms with Crippen LogP contribution >= 0.6 is 0 Å². The van der Waals surface area contributed by atoms with Gasteiger partial charge in [-0.05, 0) is 49.1 Å². The number of benzene rings is 2. The van der Waals surface area contributed by atoms with Crippen molar-refractivity contribution < 1.29 is 4.39 Å². The fourth-order valence-corrected chi connectivity index (χ4v) is 2.65. The monoisotopic (exact) mass is 241 g/mol. The molecule has 1 unspecified atom stereocenters. The third-order valence-electron chi connectivity index (χ3n) is 3.54. The second-order valence-electron chi connectivity index (χ2n) is 4.95. The molecule has 2 heteroatoms. The summed E-state index contributed by atoms with van der Waals surface area (Å²) < 4.78 is 13.2. The van der Waals surface area contributed by atoms with E-state index in [1.165, 1.54) is 22.8 Å². The second kappa shape index (κ2) is 4.45. The zero-order valence-corrected chi connectivity index (χ0v) is 10.4. The molecule has 1 aliphatic rings. The molecule has 3 rings (SSSR count). The van der Waals surface area contributed by atoms with Gasteiger partial charge in [-0.15, -0.1) is 0 Å². The van der Waals surface area contributed by atoms with Gasteiger partial charge in [0.25, 0.3) is 0 Å². The first-order valence-electron chi connectivity index (χ1n) is 6.34. The molecule has 0 aromatic heterocycles. The van der Waals surface area contributed by atoms with Crippen molar-refractivity contribution in [2.24, 2.45) is 0 Å². The molecule has 0 radical (unpaired) electrons. The lowest BCUT2D eigenvalue weighted by molar-refractivity contribution is 0.627. The van der Waals surface area contributed by atoms with Gasteiger partial charge in [-0.3, -0.25) is 0 Å². The van der Waals surface area contributed by atoms with Crippen molar-refractivity contribution in [1.82, 2.24) is 0 Å². The molecule has 1 nitrogen and oxygen atoms in total. The van der Waals surface area contributed by atoms with E-state index in [0.29, 0.717) is 6.04 Å².